The van der Waals surface area contributed by atoms with Crippen molar-refractivity contribution in [2.24, 2.45) is 0 Å². The van der Waals surface area contributed by atoms with E-state index in [0.29, 0.717) is 16.5 Å². The number of hydrogen-bond donors (Lipinski definition) is 1. The average molecular weight is 474 g/mol. The molecule has 172 valence electrons. The molecule has 1 amide bonds. The van der Waals surface area contributed by atoms with Crippen molar-refractivity contribution in [1.82, 2.24) is 5.32 Å². The minimum Gasteiger partial charge on any atom is -0.484 e. The molecular formula is C27H33Cl2NO2. The van der Waals surface area contributed by atoms with Gasteiger partial charge in [0.15, 0.2) is 5.76 Å². The molecule has 0 aliphatic rings. The Labute approximate surface area is 202 Å². The van der Waals surface area contributed by atoms with Gasteiger partial charge < -0.3 is 10.1 Å². The lowest BCUT2D eigenvalue weighted by Crippen LogP contribution is -2.39. The Kier molecular flexibility index (Phi) is 13.2. The average Bonchev–Trinajstić information content (AvgIpc) is 2.80. The second kappa shape index (κ2) is 15.3. The van der Waals surface area contributed by atoms with Gasteiger partial charge in [0.2, 0.25) is 0 Å². The van der Waals surface area contributed by atoms with E-state index in [0.717, 1.165) is 17.5 Å². The summed E-state index contributed by atoms with van der Waals surface area (Å²) in [6, 6.07) is 15.3. The summed E-state index contributed by atoms with van der Waals surface area (Å²) in [5, 5.41) is 4.45. The van der Waals surface area contributed by atoms with E-state index in [1.807, 2.05) is 69.3 Å². The van der Waals surface area contributed by atoms with Crippen molar-refractivity contribution in [2.45, 2.75) is 45.6 Å². The maximum Gasteiger partial charge on any atom is 0.286 e. The van der Waals surface area contributed by atoms with Crippen LogP contribution in [0.5, 0.6) is 0 Å². The van der Waals surface area contributed by atoms with Crippen LogP contribution in [0.3, 0.4) is 0 Å². The molecule has 0 saturated heterocycles. The molecule has 2 aromatic carbocycles. The zero-order valence-electron chi connectivity index (χ0n) is 19.1. The fourth-order valence-electron chi connectivity index (χ4n) is 3.10. The summed E-state index contributed by atoms with van der Waals surface area (Å²) in [5.74, 6) is 0.0386. The fraction of sp³-hybridized carbons (Fsp3) is 0.296. The number of nitrogens with one attached hydrogen (secondary N) is 1. The van der Waals surface area contributed by atoms with Crippen molar-refractivity contribution < 1.29 is 9.53 Å². The van der Waals surface area contributed by atoms with E-state index < -0.39 is 0 Å². The van der Waals surface area contributed by atoms with Gasteiger partial charge >= 0.3 is 0 Å². The molecule has 0 bridgehead atoms. The molecule has 2 rings (SSSR count). The van der Waals surface area contributed by atoms with Crippen molar-refractivity contribution in [3.05, 3.63) is 107 Å². The fourth-order valence-corrected chi connectivity index (χ4v) is 3.35. The summed E-state index contributed by atoms with van der Waals surface area (Å²) in [6.07, 6.45) is 6.31. The van der Waals surface area contributed by atoms with Gasteiger partial charge in [-0.3, -0.25) is 4.79 Å². The van der Waals surface area contributed by atoms with Gasteiger partial charge in [0.1, 0.15) is 6.61 Å². The van der Waals surface area contributed by atoms with Gasteiger partial charge in [-0.2, -0.15) is 0 Å². The van der Waals surface area contributed by atoms with Crippen LogP contribution in [0.15, 0.2) is 85.7 Å². The van der Waals surface area contributed by atoms with Crippen molar-refractivity contribution in [1.29, 1.82) is 0 Å². The summed E-state index contributed by atoms with van der Waals surface area (Å²) in [4.78, 5) is 12.8. The molecule has 1 N–H and O–H groups in total. The molecular weight excluding hydrogens is 441 g/mol. The summed E-state index contributed by atoms with van der Waals surface area (Å²) < 4.78 is 5.54. The number of amides is 1. The first kappa shape index (κ1) is 27.5. The van der Waals surface area contributed by atoms with E-state index >= 15 is 0 Å². The largest absolute Gasteiger partial charge is 0.484 e. The topological polar surface area (TPSA) is 38.3 Å². The molecule has 0 heterocycles. The highest BCUT2D eigenvalue weighted by atomic mass is 35.5. The number of ether oxygens (including phenoxy) is 1. The van der Waals surface area contributed by atoms with E-state index in [9.17, 15) is 4.79 Å². The van der Waals surface area contributed by atoms with Crippen LogP contribution in [0.4, 0.5) is 0 Å². The van der Waals surface area contributed by atoms with Crippen molar-refractivity contribution >= 4 is 29.1 Å². The standard InChI is InChI=1S/C25H27Cl2NO2.C2H6/c1-4-6-7-24(30-16-5-2)25(29)28-18(3)23(20-10-14-22(27)15-11-20)17-19-8-12-21(26)13-9-19;1-2/h4-5,7-15,18,23H,1-2,6,16-17H2,3H3,(H,28,29);1-2H3/b24-7-;. The third-order valence-corrected chi connectivity index (χ3v) is 5.18. The molecule has 0 aliphatic carbocycles. The number of carbonyl (C=O) groups is 1. The molecule has 3 nitrogen and oxygen atoms in total. The molecule has 32 heavy (non-hydrogen) atoms. The van der Waals surface area contributed by atoms with Crippen LogP contribution >= 0.6 is 23.2 Å². The van der Waals surface area contributed by atoms with Crippen molar-refractivity contribution in [3.63, 3.8) is 0 Å². The van der Waals surface area contributed by atoms with E-state index in [1.54, 1.807) is 18.2 Å². The maximum absolute atomic E-state index is 12.8. The van der Waals surface area contributed by atoms with Gasteiger partial charge in [0.25, 0.3) is 5.91 Å². The van der Waals surface area contributed by atoms with Crippen molar-refractivity contribution in [2.75, 3.05) is 6.61 Å². The van der Waals surface area contributed by atoms with Crippen LogP contribution in [0.2, 0.25) is 10.0 Å². The predicted octanol–water partition coefficient (Wildman–Crippen LogP) is 7.51. The summed E-state index contributed by atoms with van der Waals surface area (Å²) in [6.45, 7) is 13.6. The Morgan fingerprint density at radius 1 is 1.00 bits per heavy atom. The number of hydrogen-bond acceptors (Lipinski definition) is 2. The minimum absolute atomic E-state index is 0.0347. The van der Waals surface area contributed by atoms with Gasteiger partial charge in [0.05, 0.1) is 0 Å². The first-order valence-corrected chi connectivity index (χ1v) is 11.6. The highest BCUT2D eigenvalue weighted by Gasteiger charge is 2.23. The first-order valence-electron chi connectivity index (χ1n) is 10.8. The van der Waals surface area contributed by atoms with E-state index in [4.69, 9.17) is 27.9 Å². The van der Waals surface area contributed by atoms with E-state index in [1.165, 1.54) is 0 Å². The Morgan fingerprint density at radius 3 is 2.09 bits per heavy atom. The van der Waals surface area contributed by atoms with Crippen LogP contribution in [-0.4, -0.2) is 18.6 Å². The lowest BCUT2D eigenvalue weighted by Gasteiger charge is -2.26. The van der Waals surface area contributed by atoms with Crippen LogP contribution in [0, 0.1) is 0 Å². The molecule has 0 spiro atoms. The predicted molar refractivity (Wildman–Crippen MR) is 137 cm³/mol. The molecule has 2 unspecified atom stereocenters. The smallest absolute Gasteiger partial charge is 0.286 e. The second-order valence-electron chi connectivity index (χ2n) is 6.94. The van der Waals surface area contributed by atoms with E-state index in [2.05, 4.69) is 18.5 Å². The second-order valence-corrected chi connectivity index (χ2v) is 7.82. The minimum atomic E-state index is -0.263. The molecule has 5 heteroatoms. The highest BCUT2D eigenvalue weighted by Crippen LogP contribution is 2.27. The summed E-state index contributed by atoms with van der Waals surface area (Å²) in [7, 11) is 0. The SMILES string of the molecule is C=CC/C=C(\OCC=C)C(=O)NC(C)C(Cc1ccc(Cl)cc1)c1ccc(Cl)cc1.CC. The van der Waals surface area contributed by atoms with Gasteiger partial charge in [-0.1, -0.05) is 80.0 Å². The van der Waals surface area contributed by atoms with Gasteiger partial charge in [-0.05, 0) is 61.2 Å². The summed E-state index contributed by atoms with van der Waals surface area (Å²) >= 11 is 12.1. The molecule has 2 aromatic rings. The molecule has 0 aliphatic heterocycles. The number of carbonyl (C=O) groups excluding carboxylic acids is 1. The molecule has 0 radical (unpaired) electrons. The van der Waals surface area contributed by atoms with Crippen LogP contribution in [0.1, 0.15) is 44.2 Å². The number of allylic oxidation sites excluding steroid dienone is 2. The molecule has 0 aromatic heterocycles. The zero-order valence-corrected chi connectivity index (χ0v) is 20.6. The van der Waals surface area contributed by atoms with E-state index in [-0.39, 0.29) is 30.2 Å². The molecule has 0 fully saturated rings. The van der Waals surface area contributed by atoms with Crippen molar-refractivity contribution in [3.8, 4) is 0 Å². The van der Waals surface area contributed by atoms with Gasteiger partial charge in [-0.15, -0.1) is 6.58 Å². The summed E-state index contributed by atoms with van der Waals surface area (Å²) in [5.41, 5.74) is 2.22. The number of benzene rings is 2. The van der Waals surface area contributed by atoms with Gasteiger partial charge in [-0.25, -0.2) is 0 Å². The third kappa shape index (κ3) is 9.33. The van der Waals surface area contributed by atoms with Crippen LogP contribution in [-0.2, 0) is 16.0 Å². The Balaban J connectivity index is 0.00000249. The third-order valence-electron chi connectivity index (χ3n) is 4.68. The number of rotatable bonds is 11. The van der Waals surface area contributed by atoms with Crippen LogP contribution in [0.25, 0.3) is 0 Å². The molecule has 0 saturated carbocycles. The van der Waals surface area contributed by atoms with Crippen LogP contribution < -0.4 is 5.32 Å². The van der Waals surface area contributed by atoms with Gasteiger partial charge in [0, 0.05) is 22.0 Å². The number of halogens is 2. The monoisotopic (exact) mass is 473 g/mol. The Bertz CT molecular complexity index is 874. The zero-order chi connectivity index (χ0) is 23.9. The first-order chi connectivity index (χ1) is 15.4. The Morgan fingerprint density at radius 2 is 1.56 bits per heavy atom. The highest BCUT2D eigenvalue weighted by molar-refractivity contribution is 6.30. The normalized spacial score (nSPS) is 12.6. The molecule has 2 atom stereocenters. The maximum atomic E-state index is 12.8. The Hall–Kier alpha value is -2.49. The quantitative estimate of drug-likeness (QED) is 0.208. The lowest BCUT2D eigenvalue weighted by molar-refractivity contribution is -0.121. The lowest BCUT2D eigenvalue weighted by atomic mass is 9.86.